The van der Waals surface area contributed by atoms with Crippen LogP contribution in [-0.2, 0) is 14.6 Å². The van der Waals surface area contributed by atoms with Crippen molar-refractivity contribution >= 4 is 15.8 Å². The van der Waals surface area contributed by atoms with Gasteiger partial charge in [0.05, 0.1) is 11.7 Å². The Morgan fingerprint density at radius 1 is 1.38 bits per heavy atom. The van der Waals surface area contributed by atoms with E-state index in [9.17, 15) is 13.2 Å². The number of aliphatic carboxylic acids is 1. The van der Waals surface area contributed by atoms with Gasteiger partial charge in [0.15, 0.2) is 9.84 Å². The van der Waals surface area contributed by atoms with Crippen molar-refractivity contribution in [3.8, 4) is 0 Å². The third kappa shape index (κ3) is 6.79. The summed E-state index contributed by atoms with van der Waals surface area (Å²) >= 11 is 0. The zero-order chi connectivity index (χ0) is 12.8. The van der Waals surface area contributed by atoms with E-state index >= 15 is 0 Å². The molecule has 0 aromatic heterocycles. The van der Waals surface area contributed by atoms with Crippen LogP contribution in [0.3, 0.4) is 0 Å². The number of carbonyl (C=O) groups is 1. The van der Waals surface area contributed by atoms with Crippen LogP contribution in [0.4, 0.5) is 0 Å². The second kappa shape index (κ2) is 6.85. The maximum atomic E-state index is 11.4. The molecule has 0 rings (SSSR count). The summed E-state index contributed by atoms with van der Waals surface area (Å²) in [6.07, 6.45) is 0.623. The summed E-state index contributed by atoms with van der Waals surface area (Å²) in [6.45, 7) is 4.20. The highest BCUT2D eigenvalue weighted by molar-refractivity contribution is 7.91. The molecule has 6 heteroatoms. The molecule has 0 aromatic carbocycles. The van der Waals surface area contributed by atoms with Crippen molar-refractivity contribution in [3.05, 3.63) is 0 Å². The minimum Gasteiger partial charge on any atom is -0.481 e. The molecule has 0 aromatic rings. The van der Waals surface area contributed by atoms with Crippen LogP contribution in [0.15, 0.2) is 0 Å². The van der Waals surface area contributed by atoms with Gasteiger partial charge in [0.1, 0.15) is 0 Å². The van der Waals surface area contributed by atoms with Crippen molar-refractivity contribution in [3.63, 3.8) is 0 Å². The van der Waals surface area contributed by atoms with Crippen molar-refractivity contribution in [2.45, 2.75) is 20.3 Å². The predicted molar refractivity (Wildman–Crippen MR) is 63.2 cm³/mol. The van der Waals surface area contributed by atoms with E-state index in [0.29, 0.717) is 19.5 Å². The Morgan fingerprint density at radius 2 is 1.94 bits per heavy atom. The Hall–Kier alpha value is -0.620. The molecule has 0 amide bonds. The molecular formula is C10H21NO4S. The second-order valence-electron chi connectivity index (χ2n) is 4.15. The van der Waals surface area contributed by atoms with E-state index in [1.807, 2.05) is 6.92 Å². The maximum absolute atomic E-state index is 11.4. The van der Waals surface area contributed by atoms with Crippen molar-refractivity contribution in [2.75, 3.05) is 31.6 Å². The van der Waals surface area contributed by atoms with E-state index in [0.717, 1.165) is 0 Å². The van der Waals surface area contributed by atoms with Crippen molar-refractivity contribution in [2.24, 2.45) is 5.92 Å². The molecular weight excluding hydrogens is 230 g/mol. The molecule has 0 bridgehead atoms. The van der Waals surface area contributed by atoms with E-state index in [-0.39, 0.29) is 11.5 Å². The summed E-state index contributed by atoms with van der Waals surface area (Å²) in [5, 5.41) is 8.70. The summed E-state index contributed by atoms with van der Waals surface area (Å²) in [7, 11) is -1.23. The third-order valence-electron chi connectivity index (χ3n) is 2.31. The molecule has 1 unspecified atom stereocenters. The normalized spacial score (nSPS) is 14.0. The van der Waals surface area contributed by atoms with Gasteiger partial charge in [-0.15, -0.1) is 0 Å². The number of hydrogen-bond donors (Lipinski definition) is 1. The molecule has 0 saturated heterocycles. The van der Waals surface area contributed by atoms with Crippen molar-refractivity contribution in [1.82, 2.24) is 4.90 Å². The summed E-state index contributed by atoms with van der Waals surface area (Å²) in [5.41, 5.74) is 0. The molecule has 16 heavy (non-hydrogen) atoms. The minimum atomic E-state index is -2.97. The van der Waals surface area contributed by atoms with Crippen LogP contribution in [0.1, 0.15) is 20.3 Å². The predicted octanol–water partition coefficient (Wildman–Crippen LogP) is 0.464. The lowest BCUT2D eigenvalue weighted by atomic mass is 10.2. The van der Waals surface area contributed by atoms with Gasteiger partial charge in [-0.2, -0.15) is 0 Å². The average Bonchev–Trinajstić information content (AvgIpc) is 2.14. The smallest absolute Gasteiger partial charge is 0.307 e. The number of carboxylic acids is 1. The zero-order valence-corrected chi connectivity index (χ0v) is 11.0. The van der Waals surface area contributed by atoms with Gasteiger partial charge in [-0.1, -0.05) is 13.8 Å². The Labute approximate surface area is 97.4 Å². The van der Waals surface area contributed by atoms with Gasteiger partial charge >= 0.3 is 5.97 Å². The molecule has 0 saturated carbocycles. The molecule has 0 spiro atoms. The SMILES string of the molecule is CCCS(=O)(=O)CCN(C)CC(C)C(=O)O. The summed E-state index contributed by atoms with van der Waals surface area (Å²) in [5.74, 6) is -1.03. The first-order chi connectivity index (χ1) is 7.28. The first kappa shape index (κ1) is 15.4. The van der Waals surface area contributed by atoms with Gasteiger partial charge in [0, 0.05) is 18.8 Å². The second-order valence-corrected chi connectivity index (χ2v) is 6.46. The van der Waals surface area contributed by atoms with E-state index in [4.69, 9.17) is 5.11 Å². The molecule has 0 radical (unpaired) electrons. The Balaban J connectivity index is 3.99. The molecule has 0 aliphatic rings. The largest absolute Gasteiger partial charge is 0.481 e. The summed E-state index contributed by atoms with van der Waals surface area (Å²) in [4.78, 5) is 12.3. The van der Waals surface area contributed by atoms with Gasteiger partial charge in [-0.3, -0.25) is 4.79 Å². The Morgan fingerprint density at radius 3 is 2.38 bits per heavy atom. The fourth-order valence-corrected chi connectivity index (χ4v) is 2.76. The summed E-state index contributed by atoms with van der Waals surface area (Å²) in [6, 6.07) is 0. The molecule has 0 aliphatic heterocycles. The molecule has 1 atom stereocenters. The van der Waals surface area contributed by atoms with Gasteiger partial charge < -0.3 is 10.0 Å². The van der Waals surface area contributed by atoms with E-state index in [1.54, 1.807) is 18.9 Å². The van der Waals surface area contributed by atoms with Crippen LogP contribution < -0.4 is 0 Å². The molecule has 0 aliphatic carbocycles. The highest BCUT2D eigenvalue weighted by Gasteiger charge is 2.15. The number of carboxylic acid groups (broad SMARTS) is 1. The van der Waals surface area contributed by atoms with Gasteiger partial charge in [0.25, 0.3) is 0 Å². The van der Waals surface area contributed by atoms with Crippen LogP contribution in [0.2, 0.25) is 0 Å². The fraction of sp³-hybridized carbons (Fsp3) is 0.900. The highest BCUT2D eigenvalue weighted by atomic mass is 32.2. The third-order valence-corrected chi connectivity index (χ3v) is 4.14. The Kier molecular flexibility index (Phi) is 6.59. The van der Waals surface area contributed by atoms with Crippen LogP contribution in [0.25, 0.3) is 0 Å². The molecule has 1 N–H and O–H groups in total. The van der Waals surface area contributed by atoms with Crippen LogP contribution in [-0.4, -0.2) is 56.0 Å². The topological polar surface area (TPSA) is 74.7 Å². The van der Waals surface area contributed by atoms with Crippen LogP contribution >= 0.6 is 0 Å². The lowest BCUT2D eigenvalue weighted by Crippen LogP contribution is -2.32. The van der Waals surface area contributed by atoms with Crippen molar-refractivity contribution in [1.29, 1.82) is 0 Å². The van der Waals surface area contributed by atoms with E-state index in [2.05, 4.69) is 0 Å². The minimum absolute atomic E-state index is 0.101. The van der Waals surface area contributed by atoms with Gasteiger partial charge in [-0.25, -0.2) is 8.42 Å². The maximum Gasteiger partial charge on any atom is 0.307 e. The van der Waals surface area contributed by atoms with Gasteiger partial charge in [0.2, 0.25) is 0 Å². The first-order valence-electron chi connectivity index (χ1n) is 5.40. The number of hydrogen-bond acceptors (Lipinski definition) is 4. The highest BCUT2D eigenvalue weighted by Crippen LogP contribution is 2.00. The van der Waals surface area contributed by atoms with Crippen LogP contribution in [0.5, 0.6) is 0 Å². The van der Waals surface area contributed by atoms with E-state index < -0.39 is 21.7 Å². The molecule has 0 heterocycles. The standard InChI is InChI=1S/C10H21NO4S/c1-4-6-16(14,15)7-5-11(3)8-9(2)10(12)13/h9H,4-8H2,1-3H3,(H,12,13). The quantitative estimate of drug-likeness (QED) is 0.678. The lowest BCUT2D eigenvalue weighted by molar-refractivity contribution is -0.141. The Bertz CT molecular complexity index is 313. The number of sulfone groups is 1. The number of nitrogens with zero attached hydrogens (tertiary/aromatic N) is 1. The summed E-state index contributed by atoms with van der Waals surface area (Å²) < 4.78 is 22.8. The van der Waals surface area contributed by atoms with Gasteiger partial charge in [-0.05, 0) is 13.5 Å². The number of rotatable bonds is 8. The zero-order valence-electron chi connectivity index (χ0n) is 10.1. The van der Waals surface area contributed by atoms with Crippen molar-refractivity contribution < 1.29 is 18.3 Å². The lowest BCUT2D eigenvalue weighted by Gasteiger charge is -2.18. The monoisotopic (exact) mass is 251 g/mol. The van der Waals surface area contributed by atoms with E-state index in [1.165, 1.54) is 0 Å². The molecule has 96 valence electrons. The molecule has 0 fully saturated rings. The average molecular weight is 251 g/mol. The first-order valence-corrected chi connectivity index (χ1v) is 7.22. The fourth-order valence-electron chi connectivity index (χ4n) is 1.34. The molecule has 5 nitrogen and oxygen atoms in total. The van der Waals surface area contributed by atoms with Crippen LogP contribution in [0, 0.1) is 5.92 Å².